The molecule has 1 aromatic rings. The third-order valence-electron chi connectivity index (χ3n) is 1.56. The molecule has 0 fully saturated rings. The molecule has 0 N–H and O–H groups in total. The molecule has 0 spiro atoms. The van der Waals surface area contributed by atoms with E-state index in [9.17, 15) is 17.2 Å². The fraction of sp³-hybridized carbons (Fsp3) is 0.143. The van der Waals surface area contributed by atoms with E-state index in [4.69, 9.17) is 15.9 Å². The van der Waals surface area contributed by atoms with E-state index in [1.54, 1.807) is 0 Å². The second kappa shape index (κ2) is 4.61. The number of hydrogen-bond donors (Lipinski definition) is 0. The Morgan fingerprint density at radius 1 is 1.56 bits per heavy atom. The molecule has 16 heavy (non-hydrogen) atoms. The van der Waals surface area contributed by atoms with Gasteiger partial charge in [0.25, 0.3) is 15.5 Å². The molecule has 0 saturated heterocycles. The number of nitrogens with zero attached hydrogens (tertiary/aromatic N) is 2. The maximum absolute atomic E-state index is 12.5. The van der Waals surface area contributed by atoms with Gasteiger partial charge < -0.3 is 0 Å². The van der Waals surface area contributed by atoms with Crippen LogP contribution in [0.5, 0.6) is 0 Å². The van der Waals surface area contributed by atoms with Crippen molar-refractivity contribution in [3.05, 3.63) is 21.8 Å². The lowest BCUT2D eigenvalue weighted by Crippen LogP contribution is -2.04. The molecule has 0 atom stereocenters. The van der Waals surface area contributed by atoms with Gasteiger partial charge in [0.05, 0.1) is 5.56 Å². The van der Waals surface area contributed by atoms with Crippen LogP contribution in [0.25, 0.3) is 0 Å². The lowest BCUT2D eigenvalue weighted by molar-refractivity contribution is 0.150. The van der Waals surface area contributed by atoms with Gasteiger partial charge in [0.2, 0.25) is 0 Å². The predicted octanol–water partition coefficient (Wildman–Crippen LogP) is 2.58. The van der Waals surface area contributed by atoms with Gasteiger partial charge in [-0.1, -0.05) is 0 Å². The van der Waals surface area contributed by atoms with Crippen molar-refractivity contribution >= 4 is 35.7 Å². The van der Waals surface area contributed by atoms with Gasteiger partial charge in [-0.3, -0.25) is 0 Å². The molecule has 0 aliphatic carbocycles. The van der Waals surface area contributed by atoms with Gasteiger partial charge in [-0.05, 0) is 22.0 Å². The van der Waals surface area contributed by atoms with E-state index in [-0.39, 0.29) is 4.60 Å². The molecule has 4 nitrogen and oxygen atoms in total. The SMILES string of the molecule is N#Cc1c(C(F)F)cc(Br)nc1S(=O)(=O)Cl. The zero-order valence-corrected chi connectivity index (χ0v) is 10.4. The Bertz CT molecular complexity index is 570. The first-order valence-corrected chi connectivity index (χ1v) is 6.71. The molecule has 86 valence electrons. The molecule has 0 aromatic carbocycles. The highest BCUT2D eigenvalue weighted by molar-refractivity contribution is 9.10. The van der Waals surface area contributed by atoms with Gasteiger partial charge in [0.1, 0.15) is 10.7 Å². The molecule has 1 heterocycles. The predicted molar refractivity (Wildman–Crippen MR) is 54.6 cm³/mol. The fourth-order valence-electron chi connectivity index (χ4n) is 0.970. The Kier molecular flexibility index (Phi) is 3.83. The molecule has 1 rings (SSSR count). The summed E-state index contributed by atoms with van der Waals surface area (Å²) in [6, 6.07) is 2.22. The Hall–Kier alpha value is -0.780. The van der Waals surface area contributed by atoms with E-state index < -0.39 is 31.6 Å². The van der Waals surface area contributed by atoms with Crippen molar-refractivity contribution in [2.24, 2.45) is 0 Å². The second-order valence-corrected chi connectivity index (χ2v) is 5.86. The number of aromatic nitrogens is 1. The molecular formula is C7H2BrClF2N2O2S. The van der Waals surface area contributed by atoms with E-state index in [1.165, 1.54) is 6.07 Å². The van der Waals surface area contributed by atoms with Crippen LogP contribution in [0.15, 0.2) is 15.7 Å². The molecule has 0 aliphatic rings. The first kappa shape index (κ1) is 13.3. The Balaban J connectivity index is 3.71. The van der Waals surface area contributed by atoms with Gasteiger partial charge in [0, 0.05) is 16.2 Å². The van der Waals surface area contributed by atoms with Gasteiger partial charge in [0.15, 0.2) is 5.03 Å². The third-order valence-corrected chi connectivity index (χ3v) is 3.17. The zero-order chi connectivity index (χ0) is 12.5. The van der Waals surface area contributed by atoms with Crippen LogP contribution in [0, 0.1) is 11.3 Å². The summed E-state index contributed by atoms with van der Waals surface area (Å²) in [7, 11) is 0.635. The summed E-state index contributed by atoms with van der Waals surface area (Å²) in [4.78, 5) is 3.40. The summed E-state index contributed by atoms with van der Waals surface area (Å²) in [5, 5.41) is 7.77. The van der Waals surface area contributed by atoms with Crippen molar-refractivity contribution in [2.75, 3.05) is 0 Å². The maximum Gasteiger partial charge on any atom is 0.280 e. The average Bonchev–Trinajstić information content (AvgIpc) is 2.14. The summed E-state index contributed by atoms with van der Waals surface area (Å²) < 4.78 is 47.0. The van der Waals surface area contributed by atoms with Crippen LogP contribution >= 0.6 is 26.6 Å². The van der Waals surface area contributed by atoms with Gasteiger partial charge >= 0.3 is 0 Å². The van der Waals surface area contributed by atoms with Gasteiger partial charge in [-0.25, -0.2) is 22.2 Å². The Morgan fingerprint density at radius 2 is 2.12 bits per heavy atom. The lowest BCUT2D eigenvalue weighted by atomic mass is 10.1. The van der Waals surface area contributed by atoms with Crippen molar-refractivity contribution in [2.45, 2.75) is 11.5 Å². The number of pyridine rings is 1. The van der Waals surface area contributed by atoms with Crippen molar-refractivity contribution < 1.29 is 17.2 Å². The van der Waals surface area contributed by atoms with Crippen LogP contribution in [0.2, 0.25) is 0 Å². The topological polar surface area (TPSA) is 70.8 Å². The van der Waals surface area contributed by atoms with Crippen LogP contribution in [-0.2, 0) is 9.05 Å². The van der Waals surface area contributed by atoms with Crippen molar-refractivity contribution in [1.29, 1.82) is 5.26 Å². The van der Waals surface area contributed by atoms with E-state index in [1.807, 2.05) is 0 Å². The normalized spacial score (nSPS) is 11.5. The molecule has 0 bridgehead atoms. The Morgan fingerprint density at radius 3 is 2.50 bits per heavy atom. The largest absolute Gasteiger partial charge is 0.280 e. The van der Waals surface area contributed by atoms with E-state index in [2.05, 4.69) is 20.9 Å². The van der Waals surface area contributed by atoms with Crippen LogP contribution in [0.3, 0.4) is 0 Å². The first-order chi connectivity index (χ1) is 7.27. The third kappa shape index (κ3) is 2.66. The van der Waals surface area contributed by atoms with Gasteiger partial charge in [-0.15, -0.1) is 0 Å². The van der Waals surface area contributed by atoms with Crippen molar-refractivity contribution in [1.82, 2.24) is 4.98 Å². The molecular weight excluding hydrogens is 330 g/mol. The number of halogens is 4. The summed E-state index contributed by atoms with van der Waals surface area (Å²) in [5.74, 6) is 0. The summed E-state index contributed by atoms with van der Waals surface area (Å²) in [6.07, 6.45) is -2.99. The van der Waals surface area contributed by atoms with Crippen molar-refractivity contribution in [3.8, 4) is 6.07 Å². The average molecular weight is 332 g/mol. The molecule has 1 aromatic heterocycles. The summed E-state index contributed by atoms with van der Waals surface area (Å²) >= 11 is 2.76. The second-order valence-electron chi connectivity index (χ2n) is 2.56. The summed E-state index contributed by atoms with van der Waals surface area (Å²) in [6.45, 7) is 0. The molecule has 0 amide bonds. The summed E-state index contributed by atoms with van der Waals surface area (Å²) in [5.41, 5.74) is -1.48. The number of hydrogen-bond acceptors (Lipinski definition) is 4. The Labute approximate surface area is 102 Å². The maximum atomic E-state index is 12.5. The standard InChI is InChI=1S/C7H2BrClF2N2O2S/c8-5-1-3(6(10)11)4(2-12)7(13-5)16(9,14)15/h1,6H. The molecule has 0 aliphatic heterocycles. The quantitative estimate of drug-likeness (QED) is 0.617. The molecule has 0 saturated carbocycles. The lowest BCUT2D eigenvalue weighted by Gasteiger charge is -2.06. The van der Waals surface area contributed by atoms with Crippen LogP contribution in [-0.4, -0.2) is 13.4 Å². The highest BCUT2D eigenvalue weighted by atomic mass is 79.9. The zero-order valence-electron chi connectivity index (χ0n) is 7.29. The highest BCUT2D eigenvalue weighted by Crippen LogP contribution is 2.30. The molecule has 0 radical (unpaired) electrons. The van der Waals surface area contributed by atoms with Crippen molar-refractivity contribution in [3.63, 3.8) is 0 Å². The molecule has 9 heteroatoms. The fourth-order valence-corrected chi connectivity index (χ4v) is 2.46. The highest BCUT2D eigenvalue weighted by Gasteiger charge is 2.25. The number of rotatable bonds is 2. The van der Waals surface area contributed by atoms with Crippen LogP contribution in [0.1, 0.15) is 17.6 Å². The number of alkyl halides is 2. The van der Waals surface area contributed by atoms with E-state index >= 15 is 0 Å². The van der Waals surface area contributed by atoms with E-state index in [0.29, 0.717) is 0 Å². The number of nitriles is 1. The van der Waals surface area contributed by atoms with E-state index in [0.717, 1.165) is 6.07 Å². The van der Waals surface area contributed by atoms with Crippen LogP contribution in [0.4, 0.5) is 8.78 Å². The van der Waals surface area contributed by atoms with Gasteiger partial charge in [-0.2, -0.15) is 5.26 Å². The minimum Gasteiger partial charge on any atom is -0.227 e. The first-order valence-electron chi connectivity index (χ1n) is 3.60. The van der Waals surface area contributed by atoms with Crippen LogP contribution < -0.4 is 0 Å². The minimum atomic E-state index is -4.35. The monoisotopic (exact) mass is 330 g/mol. The molecule has 0 unspecified atom stereocenters. The minimum absolute atomic E-state index is 0.138. The smallest absolute Gasteiger partial charge is 0.227 e.